The van der Waals surface area contributed by atoms with Gasteiger partial charge < -0.3 is 30.8 Å². The summed E-state index contributed by atoms with van der Waals surface area (Å²) >= 11 is 0. The second-order valence-electron chi connectivity index (χ2n) is 13.4. The van der Waals surface area contributed by atoms with Gasteiger partial charge in [-0.25, -0.2) is 4.98 Å². The number of H-pyrrole nitrogens is 1. The van der Waals surface area contributed by atoms with Gasteiger partial charge in [0.05, 0.1) is 46.1 Å². The molecule has 0 aliphatic rings. The second-order valence-corrected chi connectivity index (χ2v) is 16.2. The van der Waals surface area contributed by atoms with Gasteiger partial charge in [0.1, 0.15) is 32.7 Å². The smallest absolute Gasteiger partial charge is 0.872 e. The van der Waals surface area contributed by atoms with Crippen molar-refractivity contribution in [2.75, 3.05) is 12.3 Å². The summed E-state index contributed by atoms with van der Waals surface area (Å²) in [5.41, 5.74) is 6.93. The standard InChI is InChI=1S/C41H31N9O10S2.2Na/c1-2-60-34-20-32(48-46-23-10-13-29(42)35(17-23)61(54,55)56)25-8-3-4-9-26(25)38(34)49-50-39-36(62(57,58)59)19-28-27(40(39)53)12-15-31-37(28)44-41(43-31)21-6-5-7-22(16-21)45-47-30-14-11-24(51)18-33(30)52;;/h3-20,51-53H,2,42H2,1H3,(H,43,44)(H,54,55,56)(H,57,58,59);;/q;2*+1/p-2. The van der Waals surface area contributed by atoms with Gasteiger partial charge in [0.2, 0.25) is 0 Å². The third kappa shape index (κ3) is 9.78. The maximum absolute atomic E-state index is 12.9. The van der Waals surface area contributed by atoms with E-state index in [0.717, 1.165) is 18.2 Å². The van der Waals surface area contributed by atoms with E-state index in [1.54, 1.807) is 61.5 Å². The number of hydrogen-bond acceptors (Lipinski definition) is 16. The summed E-state index contributed by atoms with van der Waals surface area (Å²) in [6.45, 7) is 1.85. The zero-order chi connectivity index (χ0) is 43.9. The number of rotatable bonds is 11. The normalized spacial score (nSPS) is 12.1. The molecule has 64 heavy (non-hydrogen) atoms. The molecular formula is C41H29N9Na2O10S2. The molecule has 0 spiro atoms. The number of nitrogens with zero attached hydrogens (tertiary/aromatic N) is 7. The molecule has 1 aromatic heterocycles. The number of nitrogens with two attached hydrogens (primary N) is 1. The van der Waals surface area contributed by atoms with Gasteiger partial charge in [-0.05, 0) is 61.5 Å². The van der Waals surface area contributed by atoms with Crippen LogP contribution in [0.15, 0.2) is 150 Å². The molecule has 19 nitrogen and oxygen atoms in total. The predicted octanol–water partition coefficient (Wildman–Crippen LogP) is 3.12. The van der Waals surface area contributed by atoms with Crippen molar-refractivity contribution in [3.05, 3.63) is 109 Å². The van der Waals surface area contributed by atoms with Gasteiger partial charge >= 0.3 is 59.1 Å². The molecule has 6 N–H and O–H groups in total. The third-order valence-electron chi connectivity index (χ3n) is 9.35. The van der Waals surface area contributed by atoms with E-state index in [4.69, 9.17) is 10.5 Å². The van der Waals surface area contributed by atoms with E-state index in [1.807, 2.05) is 0 Å². The number of nitrogen functional groups attached to an aromatic ring is 1. The molecule has 1 heterocycles. The van der Waals surface area contributed by atoms with Crippen LogP contribution in [0.4, 0.5) is 39.8 Å². The Morgan fingerprint density at radius 2 is 1.36 bits per heavy atom. The average Bonchev–Trinajstić information content (AvgIpc) is 3.68. The number of benzene rings is 7. The summed E-state index contributed by atoms with van der Waals surface area (Å²) in [5.74, 6) is -1.19. The van der Waals surface area contributed by atoms with E-state index in [9.17, 15) is 41.3 Å². The summed E-state index contributed by atoms with van der Waals surface area (Å²) in [6, 6.07) is 26.2. The van der Waals surface area contributed by atoms with Crippen LogP contribution < -0.4 is 79.8 Å². The summed E-state index contributed by atoms with van der Waals surface area (Å²) in [4.78, 5) is 6.47. The van der Waals surface area contributed by atoms with Crippen molar-refractivity contribution in [2.45, 2.75) is 16.7 Å². The maximum Gasteiger partial charge on any atom is 1.00 e. The number of aromatic nitrogens is 2. The molecule has 0 amide bonds. The molecule has 0 fully saturated rings. The Balaban J connectivity index is 0.00000340. The Labute approximate surface area is 407 Å². The molecule has 0 saturated carbocycles. The van der Waals surface area contributed by atoms with Gasteiger partial charge in [-0.3, -0.25) is 9.11 Å². The Kier molecular flexibility index (Phi) is 14.2. The maximum atomic E-state index is 12.9. The van der Waals surface area contributed by atoms with Gasteiger partial charge in [0, 0.05) is 33.2 Å². The molecule has 7 aromatic carbocycles. The number of anilines is 1. The van der Waals surface area contributed by atoms with Gasteiger partial charge in [-0.15, -0.1) is 21.1 Å². The molecule has 0 aliphatic carbocycles. The van der Waals surface area contributed by atoms with Crippen LogP contribution in [0, 0.1) is 0 Å². The Hall–Kier alpha value is -5.85. The van der Waals surface area contributed by atoms with Crippen LogP contribution in [0.2, 0.25) is 0 Å². The fourth-order valence-electron chi connectivity index (χ4n) is 6.52. The first kappa shape index (κ1) is 47.6. The monoisotopic (exact) mass is 917 g/mol. The molecule has 0 radical (unpaired) electrons. The molecule has 23 heteroatoms. The molecule has 0 atom stereocenters. The van der Waals surface area contributed by atoms with Gasteiger partial charge in [-0.1, -0.05) is 54.3 Å². The number of hydrogen-bond donors (Lipinski definition) is 5. The first-order valence-corrected chi connectivity index (χ1v) is 21.0. The van der Waals surface area contributed by atoms with E-state index >= 15 is 0 Å². The number of ether oxygens (including phenoxy) is 1. The van der Waals surface area contributed by atoms with Crippen molar-refractivity contribution in [2.24, 2.45) is 30.7 Å². The first-order chi connectivity index (χ1) is 29.6. The van der Waals surface area contributed by atoms with Gasteiger partial charge in [0.25, 0.3) is 20.2 Å². The van der Waals surface area contributed by atoms with Crippen molar-refractivity contribution in [3.8, 4) is 34.4 Å². The molecule has 0 unspecified atom stereocenters. The van der Waals surface area contributed by atoms with E-state index in [-0.39, 0.29) is 111 Å². The first-order valence-electron chi connectivity index (χ1n) is 18.1. The van der Waals surface area contributed by atoms with Crippen LogP contribution in [0.5, 0.6) is 23.0 Å². The van der Waals surface area contributed by atoms with Crippen molar-refractivity contribution in [3.63, 3.8) is 0 Å². The minimum Gasteiger partial charge on any atom is -0.872 e. The van der Waals surface area contributed by atoms with Crippen molar-refractivity contribution in [1.29, 1.82) is 0 Å². The number of phenols is 1. The summed E-state index contributed by atoms with van der Waals surface area (Å²) in [6.07, 6.45) is 0. The molecular weight excluding hydrogens is 889 g/mol. The average molecular weight is 918 g/mol. The minimum atomic E-state index is -5.05. The number of aromatic amines is 1. The van der Waals surface area contributed by atoms with Crippen LogP contribution >= 0.6 is 0 Å². The van der Waals surface area contributed by atoms with Gasteiger partial charge in [0.15, 0.2) is 5.75 Å². The summed E-state index contributed by atoms with van der Waals surface area (Å²) < 4.78 is 75.3. The quantitative estimate of drug-likeness (QED) is 0.0541. The molecule has 8 aromatic rings. The van der Waals surface area contributed by atoms with Crippen molar-refractivity contribution in [1.82, 2.24) is 9.97 Å². The molecule has 312 valence electrons. The number of nitrogens with one attached hydrogen (secondary N) is 1. The van der Waals surface area contributed by atoms with E-state index in [2.05, 4.69) is 40.7 Å². The topological polar surface area (TPSA) is 313 Å². The number of fused-ring (bicyclic) bond motifs is 4. The van der Waals surface area contributed by atoms with Crippen LogP contribution in [-0.4, -0.2) is 47.6 Å². The summed E-state index contributed by atoms with van der Waals surface area (Å²) in [7, 11) is -9.70. The van der Waals surface area contributed by atoms with Crippen LogP contribution in [-0.2, 0) is 20.2 Å². The summed E-state index contributed by atoms with van der Waals surface area (Å²) in [5, 5.41) is 61.4. The minimum absolute atomic E-state index is 0. The molecule has 0 saturated heterocycles. The van der Waals surface area contributed by atoms with Crippen molar-refractivity contribution < 1.29 is 105 Å². The predicted molar refractivity (Wildman–Crippen MR) is 224 cm³/mol. The number of aromatic hydroxyl groups is 1. The largest absolute Gasteiger partial charge is 1.00 e. The zero-order valence-electron chi connectivity index (χ0n) is 33.8. The fourth-order valence-corrected chi connectivity index (χ4v) is 7.81. The second kappa shape index (κ2) is 19.1. The number of azo groups is 3. The third-order valence-corrected chi connectivity index (χ3v) is 11.1. The van der Waals surface area contributed by atoms with Crippen molar-refractivity contribution >= 4 is 92.6 Å². The van der Waals surface area contributed by atoms with Gasteiger partial charge in [-0.2, -0.15) is 32.2 Å². The Morgan fingerprint density at radius 3 is 2.06 bits per heavy atom. The zero-order valence-corrected chi connectivity index (χ0v) is 39.5. The fraction of sp³-hybridized carbons (Fsp3) is 0.0488. The van der Waals surface area contributed by atoms with E-state index < -0.39 is 53.0 Å². The van der Waals surface area contributed by atoms with E-state index in [1.165, 1.54) is 36.4 Å². The number of imidazole rings is 1. The Bertz CT molecular complexity index is 3460. The molecule has 0 aliphatic heterocycles. The molecule has 0 bridgehead atoms. The van der Waals surface area contributed by atoms with Crippen LogP contribution in [0.1, 0.15) is 6.92 Å². The number of phenolic OH excluding ortho intramolecular Hbond substituents is 1. The SMILES string of the molecule is CCOc1cc(N=Nc2ccc(N)c(S(=O)(=O)O)c2)c2ccccc2c1N=Nc1c(S(=O)(=O)O)cc2c(ccc3nc(-c4cccc(N=Nc5ccc([O-])cc5[O-])c4)[nH]c32)c1O.[Na+].[Na+]. The van der Waals surface area contributed by atoms with Crippen LogP contribution in [0.3, 0.4) is 0 Å². The van der Waals surface area contributed by atoms with Crippen LogP contribution in [0.25, 0.3) is 44.0 Å². The molecule has 8 rings (SSSR count). The Morgan fingerprint density at radius 1 is 0.672 bits per heavy atom. The van der Waals surface area contributed by atoms with E-state index in [0.29, 0.717) is 38.9 Å².